The Bertz CT molecular complexity index is 539. The molecule has 0 aliphatic heterocycles. The lowest BCUT2D eigenvalue weighted by molar-refractivity contribution is 0.495. The summed E-state index contributed by atoms with van der Waals surface area (Å²) in [6.45, 7) is 2.13. The van der Waals surface area contributed by atoms with Gasteiger partial charge < -0.3 is 15.5 Å². The van der Waals surface area contributed by atoms with E-state index >= 15 is 0 Å². The van der Waals surface area contributed by atoms with Gasteiger partial charge in [0.2, 0.25) is 0 Å². The van der Waals surface area contributed by atoms with Gasteiger partial charge in [0.15, 0.2) is 0 Å². The van der Waals surface area contributed by atoms with Gasteiger partial charge >= 0.3 is 0 Å². The minimum atomic E-state index is 0.312. The van der Waals surface area contributed by atoms with E-state index in [1.165, 1.54) is 0 Å². The second-order valence-corrected chi connectivity index (χ2v) is 4.90. The summed E-state index contributed by atoms with van der Waals surface area (Å²) in [4.78, 5) is 4.42. The number of rotatable bonds is 6. The van der Waals surface area contributed by atoms with Gasteiger partial charge in [-0.1, -0.05) is 12.2 Å². The van der Waals surface area contributed by atoms with Crippen LogP contribution in [0.25, 0.3) is 0 Å². The highest BCUT2D eigenvalue weighted by Gasteiger charge is 2.06. The predicted octanol–water partition coefficient (Wildman–Crippen LogP) is 2.74. The number of nitrogens with zero attached hydrogens (tertiary/aromatic N) is 1. The summed E-state index contributed by atoms with van der Waals surface area (Å²) in [6, 6.07) is 8.00. The average molecular weight is 275 g/mol. The van der Waals surface area contributed by atoms with E-state index in [1.807, 2.05) is 24.3 Å². The number of pyridine rings is 1. The molecule has 0 amide bonds. The molecule has 2 rings (SSSR count). The minimum Gasteiger partial charge on any atom is -0.469 e. The molecule has 0 fully saturated rings. The monoisotopic (exact) mass is 275 g/mol. The summed E-state index contributed by atoms with van der Waals surface area (Å²) in [5.41, 5.74) is 7.18. The van der Waals surface area contributed by atoms with E-state index in [-0.39, 0.29) is 0 Å². The zero-order valence-corrected chi connectivity index (χ0v) is 11.6. The van der Waals surface area contributed by atoms with Crippen molar-refractivity contribution in [2.24, 2.45) is 5.73 Å². The van der Waals surface area contributed by atoms with Crippen molar-refractivity contribution in [1.82, 2.24) is 4.98 Å². The smallest absolute Gasteiger partial charge is 0.122 e. The van der Waals surface area contributed by atoms with Crippen LogP contribution >= 0.6 is 12.2 Å². The third kappa shape index (κ3) is 4.06. The molecule has 2 heterocycles. The van der Waals surface area contributed by atoms with Crippen LogP contribution in [-0.4, -0.2) is 16.0 Å². The van der Waals surface area contributed by atoms with Crippen LogP contribution in [-0.2, 0) is 6.42 Å². The molecule has 0 spiro atoms. The molecule has 100 valence electrons. The Morgan fingerprint density at radius 2 is 2.37 bits per heavy atom. The van der Waals surface area contributed by atoms with Gasteiger partial charge in [0.05, 0.1) is 12.0 Å². The van der Waals surface area contributed by atoms with E-state index in [9.17, 15) is 0 Å². The number of thiocarbonyl (C=S) groups is 1. The third-order valence-corrected chi connectivity index (χ3v) is 3.04. The van der Waals surface area contributed by atoms with Gasteiger partial charge in [0.25, 0.3) is 0 Å². The summed E-state index contributed by atoms with van der Waals surface area (Å²) < 4.78 is 5.31. The van der Waals surface area contributed by atoms with Gasteiger partial charge in [-0.25, -0.2) is 0 Å². The van der Waals surface area contributed by atoms with Crippen molar-refractivity contribution >= 4 is 22.9 Å². The molecule has 19 heavy (non-hydrogen) atoms. The van der Waals surface area contributed by atoms with E-state index < -0.39 is 0 Å². The molecule has 2 aromatic heterocycles. The molecule has 0 bridgehead atoms. The molecule has 0 saturated heterocycles. The standard InChI is InChI=1S/C14H17N3OS/c1-10(4-5-12-3-2-8-18-12)17-11-6-7-16-13(9-11)14(15)19/h2-3,6-10H,4-5H2,1H3,(H2,15,19)(H,16,17). The molecule has 1 atom stereocenters. The quantitative estimate of drug-likeness (QED) is 0.794. The number of hydrogen-bond acceptors (Lipinski definition) is 4. The molecular formula is C14H17N3OS. The van der Waals surface area contributed by atoms with E-state index in [2.05, 4.69) is 17.2 Å². The molecular weight excluding hydrogens is 258 g/mol. The molecule has 0 saturated carbocycles. The number of nitrogens with two attached hydrogens (primary N) is 1. The summed E-state index contributed by atoms with van der Waals surface area (Å²) in [5.74, 6) is 1.01. The fourth-order valence-electron chi connectivity index (χ4n) is 1.83. The van der Waals surface area contributed by atoms with Gasteiger partial charge in [0.1, 0.15) is 10.7 Å². The summed E-state index contributed by atoms with van der Waals surface area (Å²) in [7, 11) is 0. The number of anilines is 1. The van der Waals surface area contributed by atoms with Gasteiger partial charge in [-0.15, -0.1) is 0 Å². The number of aryl methyl sites for hydroxylation is 1. The molecule has 3 N–H and O–H groups in total. The van der Waals surface area contributed by atoms with Crippen molar-refractivity contribution in [3.8, 4) is 0 Å². The summed E-state index contributed by atoms with van der Waals surface area (Å²) in [5, 5.41) is 3.40. The topological polar surface area (TPSA) is 64.1 Å². The maximum absolute atomic E-state index is 5.57. The Morgan fingerprint density at radius 1 is 1.53 bits per heavy atom. The maximum Gasteiger partial charge on any atom is 0.122 e. The van der Waals surface area contributed by atoms with Crippen LogP contribution in [0.1, 0.15) is 24.8 Å². The van der Waals surface area contributed by atoms with E-state index in [0.29, 0.717) is 16.7 Å². The number of hydrogen-bond donors (Lipinski definition) is 2. The highest BCUT2D eigenvalue weighted by Crippen LogP contribution is 2.13. The van der Waals surface area contributed by atoms with Gasteiger partial charge in [-0.05, 0) is 37.6 Å². The first-order valence-corrected chi connectivity index (χ1v) is 6.61. The van der Waals surface area contributed by atoms with Gasteiger partial charge in [-0.3, -0.25) is 4.98 Å². The van der Waals surface area contributed by atoms with Crippen molar-refractivity contribution < 1.29 is 4.42 Å². The van der Waals surface area contributed by atoms with E-state index in [0.717, 1.165) is 24.3 Å². The minimum absolute atomic E-state index is 0.312. The zero-order valence-electron chi connectivity index (χ0n) is 10.8. The van der Waals surface area contributed by atoms with Crippen LogP contribution in [0.4, 0.5) is 5.69 Å². The predicted molar refractivity (Wildman–Crippen MR) is 80.2 cm³/mol. The first-order valence-electron chi connectivity index (χ1n) is 6.20. The van der Waals surface area contributed by atoms with Gasteiger partial charge in [-0.2, -0.15) is 0 Å². The average Bonchev–Trinajstić information content (AvgIpc) is 2.90. The van der Waals surface area contributed by atoms with E-state index in [1.54, 1.807) is 12.5 Å². The number of furan rings is 1. The van der Waals surface area contributed by atoms with Crippen molar-refractivity contribution in [2.75, 3.05) is 5.32 Å². The Balaban J connectivity index is 1.89. The molecule has 2 aromatic rings. The summed E-state index contributed by atoms with van der Waals surface area (Å²) >= 11 is 4.92. The number of nitrogens with one attached hydrogen (secondary N) is 1. The normalized spacial score (nSPS) is 12.1. The second kappa shape index (κ2) is 6.33. The molecule has 5 heteroatoms. The summed E-state index contributed by atoms with van der Waals surface area (Å²) in [6.07, 6.45) is 5.30. The van der Waals surface area contributed by atoms with Crippen LogP contribution in [0.15, 0.2) is 41.1 Å². The van der Waals surface area contributed by atoms with Gasteiger partial charge in [0, 0.05) is 24.3 Å². The van der Waals surface area contributed by atoms with Crippen LogP contribution in [0.2, 0.25) is 0 Å². The van der Waals surface area contributed by atoms with E-state index in [4.69, 9.17) is 22.4 Å². The van der Waals surface area contributed by atoms with Crippen molar-refractivity contribution in [3.05, 3.63) is 48.2 Å². The molecule has 0 radical (unpaired) electrons. The lowest BCUT2D eigenvalue weighted by atomic mass is 10.1. The fourth-order valence-corrected chi connectivity index (χ4v) is 1.94. The van der Waals surface area contributed by atoms with Crippen LogP contribution in [0.5, 0.6) is 0 Å². The SMILES string of the molecule is CC(CCc1ccco1)Nc1ccnc(C(N)=S)c1. The van der Waals surface area contributed by atoms with Crippen LogP contribution < -0.4 is 11.1 Å². The fraction of sp³-hybridized carbons (Fsp3) is 0.286. The zero-order chi connectivity index (χ0) is 13.7. The second-order valence-electron chi connectivity index (χ2n) is 4.46. The molecule has 0 aliphatic carbocycles. The highest BCUT2D eigenvalue weighted by molar-refractivity contribution is 7.80. The van der Waals surface area contributed by atoms with Crippen LogP contribution in [0, 0.1) is 0 Å². The first kappa shape index (κ1) is 13.5. The highest BCUT2D eigenvalue weighted by atomic mass is 32.1. The largest absolute Gasteiger partial charge is 0.469 e. The van der Waals surface area contributed by atoms with Crippen molar-refractivity contribution in [1.29, 1.82) is 0 Å². The Morgan fingerprint density at radius 3 is 3.05 bits per heavy atom. The maximum atomic E-state index is 5.57. The Labute approximate surface area is 118 Å². The Kier molecular flexibility index (Phi) is 4.52. The Hall–Kier alpha value is -1.88. The molecule has 4 nitrogen and oxygen atoms in total. The third-order valence-electron chi connectivity index (χ3n) is 2.83. The first-order chi connectivity index (χ1) is 9.15. The molecule has 0 aromatic carbocycles. The lowest BCUT2D eigenvalue weighted by Crippen LogP contribution is -2.17. The van der Waals surface area contributed by atoms with Crippen molar-refractivity contribution in [3.63, 3.8) is 0 Å². The number of aromatic nitrogens is 1. The lowest BCUT2D eigenvalue weighted by Gasteiger charge is -2.15. The van der Waals surface area contributed by atoms with Crippen molar-refractivity contribution in [2.45, 2.75) is 25.8 Å². The van der Waals surface area contributed by atoms with Crippen LogP contribution in [0.3, 0.4) is 0 Å². The molecule has 0 aliphatic rings. The molecule has 1 unspecified atom stereocenters.